The second-order valence-corrected chi connectivity index (χ2v) is 5.47. The fourth-order valence-electron chi connectivity index (χ4n) is 1.72. The van der Waals surface area contributed by atoms with Gasteiger partial charge in [0.2, 0.25) is 0 Å². The van der Waals surface area contributed by atoms with Gasteiger partial charge in [0.05, 0.1) is 5.01 Å². The van der Waals surface area contributed by atoms with Gasteiger partial charge in [0.25, 0.3) is 0 Å². The first-order valence-electron chi connectivity index (χ1n) is 5.41. The molecule has 1 unspecified atom stereocenters. The molecule has 0 spiro atoms. The summed E-state index contributed by atoms with van der Waals surface area (Å²) >= 11 is 1.80. The van der Waals surface area contributed by atoms with Crippen molar-refractivity contribution in [2.75, 3.05) is 6.54 Å². The van der Waals surface area contributed by atoms with E-state index in [0.29, 0.717) is 6.04 Å². The Morgan fingerprint density at radius 1 is 1.64 bits per heavy atom. The van der Waals surface area contributed by atoms with Crippen LogP contribution in [0.15, 0.2) is 6.20 Å². The van der Waals surface area contributed by atoms with Crippen LogP contribution in [0.2, 0.25) is 0 Å². The minimum absolute atomic E-state index is 0.474. The van der Waals surface area contributed by atoms with Gasteiger partial charge in [0.1, 0.15) is 0 Å². The molecular weight excluding hydrogens is 192 g/mol. The van der Waals surface area contributed by atoms with Crippen molar-refractivity contribution in [2.24, 2.45) is 5.92 Å². The summed E-state index contributed by atoms with van der Waals surface area (Å²) in [5.74, 6) is 0.937. The van der Waals surface area contributed by atoms with Crippen molar-refractivity contribution in [1.29, 1.82) is 0 Å². The molecule has 1 fully saturated rings. The molecule has 0 aromatic carbocycles. The topological polar surface area (TPSA) is 24.9 Å². The highest BCUT2D eigenvalue weighted by atomic mass is 32.1. The Morgan fingerprint density at radius 3 is 2.93 bits per heavy atom. The van der Waals surface area contributed by atoms with E-state index < -0.39 is 0 Å². The van der Waals surface area contributed by atoms with Gasteiger partial charge in [-0.2, -0.15) is 0 Å². The third-order valence-corrected chi connectivity index (χ3v) is 4.10. The first-order chi connectivity index (χ1) is 6.75. The Balaban J connectivity index is 1.79. The molecule has 14 heavy (non-hydrogen) atoms. The maximum absolute atomic E-state index is 4.28. The lowest BCUT2D eigenvalue weighted by molar-refractivity contribution is 0.293. The molecule has 1 aromatic heterocycles. The average molecular weight is 210 g/mol. The van der Waals surface area contributed by atoms with E-state index >= 15 is 0 Å². The van der Waals surface area contributed by atoms with Crippen LogP contribution in [0.3, 0.4) is 0 Å². The predicted octanol–water partition coefficient (Wildman–Crippen LogP) is 2.90. The number of hydrogen-bond acceptors (Lipinski definition) is 3. The minimum atomic E-state index is 0.474. The largest absolute Gasteiger partial charge is 0.309 e. The van der Waals surface area contributed by atoms with Crippen LogP contribution in [-0.4, -0.2) is 11.5 Å². The molecule has 78 valence electrons. The molecule has 0 radical (unpaired) electrons. The van der Waals surface area contributed by atoms with Gasteiger partial charge in [-0.1, -0.05) is 6.42 Å². The van der Waals surface area contributed by atoms with Crippen LogP contribution in [0, 0.1) is 12.8 Å². The number of rotatable bonds is 4. The van der Waals surface area contributed by atoms with Crippen LogP contribution in [0.25, 0.3) is 0 Å². The number of hydrogen-bond donors (Lipinski definition) is 1. The van der Waals surface area contributed by atoms with E-state index in [9.17, 15) is 0 Å². The maximum atomic E-state index is 4.28. The number of aryl methyl sites for hydroxylation is 1. The molecule has 1 atom stereocenters. The molecule has 0 amide bonds. The van der Waals surface area contributed by atoms with Gasteiger partial charge >= 0.3 is 0 Å². The summed E-state index contributed by atoms with van der Waals surface area (Å²) in [6.07, 6.45) is 6.27. The van der Waals surface area contributed by atoms with Crippen molar-refractivity contribution in [3.05, 3.63) is 16.1 Å². The Morgan fingerprint density at radius 2 is 2.43 bits per heavy atom. The highest BCUT2D eigenvalue weighted by Crippen LogP contribution is 2.27. The molecule has 1 aliphatic carbocycles. The average Bonchev–Trinajstić information content (AvgIpc) is 2.49. The smallest absolute Gasteiger partial charge is 0.0897 e. The molecule has 0 bridgehead atoms. The summed E-state index contributed by atoms with van der Waals surface area (Å²) in [7, 11) is 0. The summed E-state index contributed by atoms with van der Waals surface area (Å²) < 4.78 is 0. The lowest BCUT2D eigenvalue weighted by atomic mass is 9.85. The SMILES string of the molecule is Cc1ncc(C(C)NCC2CCC2)s1. The molecule has 0 saturated heterocycles. The Labute approximate surface area is 89.8 Å². The number of aromatic nitrogens is 1. The van der Waals surface area contributed by atoms with Crippen molar-refractivity contribution in [3.8, 4) is 0 Å². The lowest BCUT2D eigenvalue weighted by Gasteiger charge is -2.27. The molecule has 1 heterocycles. The molecule has 1 aliphatic rings. The fourth-order valence-corrected chi connectivity index (χ4v) is 2.53. The van der Waals surface area contributed by atoms with Crippen molar-refractivity contribution < 1.29 is 0 Å². The van der Waals surface area contributed by atoms with Crippen LogP contribution in [0.4, 0.5) is 0 Å². The van der Waals surface area contributed by atoms with Crippen molar-refractivity contribution in [2.45, 2.75) is 39.2 Å². The lowest BCUT2D eigenvalue weighted by Crippen LogP contribution is -2.28. The zero-order valence-electron chi connectivity index (χ0n) is 8.92. The van der Waals surface area contributed by atoms with E-state index in [1.54, 1.807) is 11.3 Å². The van der Waals surface area contributed by atoms with Crippen molar-refractivity contribution in [3.63, 3.8) is 0 Å². The van der Waals surface area contributed by atoms with Crippen LogP contribution in [0.1, 0.15) is 42.1 Å². The van der Waals surface area contributed by atoms with Gasteiger partial charge in [-0.25, -0.2) is 4.98 Å². The van der Waals surface area contributed by atoms with Gasteiger partial charge in [0.15, 0.2) is 0 Å². The molecule has 0 aliphatic heterocycles. The number of nitrogens with one attached hydrogen (secondary N) is 1. The van der Waals surface area contributed by atoms with Gasteiger partial charge in [0, 0.05) is 17.1 Å². The normalized spacial score (nSPS) is 19.3. The van der Waals surface area contributed by atoms with Gasteiger partial charge in [-0.05, 0) is 39.2 Å². The molecule has 1 saturated carbocycles. The molecule has 1 aromatic rings. The van der Waals surface area contributed by atoms with E-state index in [4.69, 9.17) is 0 Å². The molecule has 2 nitrogen and oxygen atoms in total. The highest BCUT2D eigenvalue weighted by Gasteiger charge is 2.18. The minimum Gasteiger partial charge on any atom is -0.309 e. The summed E-state index contributed by atoms with van der Waals surface area (Å²) in [5.41, 5.74) is 0. The predicted molar refractivity (Wildman–Crippen MR) is 60.6 cm³/mol. The Hall–Kier alpha value is -0.410. The molecule has 3 heteroatoms. The van der Waals surface area contributed by atoms with Crippen molar-refractivity contribution in [1.82, 2.24) is 10.3 Å². The quantitative estimate of drug-likeness (QED) is 0.826. The van der Waals surface area contributed by atoms with Crippen LogP contribution >= 0.6 is 11.3 Å². The third kappa shape index (κ3) is 2.34. The number of nitrogens with zero attached hydrogens (tertiary/aromatic N) is 1. The van der Waals surface area contributed by atoms with Crippen LogP contribution in [-0.2, 0) is 0 Å². The first kappa shape index (κ1) is 10.1. The second kappa shape index (κ2) is 4.41. The second-order valence-electron chi connectivity index (χ2n) is 4.21. The highest BCUT2D eigenvalue weighted by molar-refractivity contribution is 7.11. The Bertz CT molecular complexity index is 291. The Kier molecular flexibility index (Phi) is 3.19. The standard InChI is InChI=1S/C11H18N2S/c1-8(11-7-13-9(2)14-11)12-6-10-4-3-5-10/h7-8,10,12H,3-6H2,1-2H3. The zero-order chi connectivity index (χ0) is 9.97. The van der Waals surface area contributed by atoms with E-state index in [0.717, 1.165) is 10.9 Å². The van der Waals surface area contributed by atoms with Crippen LogP contribution < -0.4 is 5.32 Å². The third-order valence-electron chi connectivity index (χ3n) is 3.00. The summed E-state index contributed by atoms with van der Waals surface area (Å²) in [5, 5.41) is 4.75. The van der Waals surface area contributed by atoms with Gasteiger partial charge < -0.3 is 5.32 Å². The molecule has 2 rings (SSSR count). The van der Waals surface area contributed by atoms with Gasteiger partial charge in [-0.15, -0.1) is 11.3 Å². The first-order valence-corrected chi connectivity index (χ1v) is 6.23. The fraction of sp³-hybridized carbons (Fsp3) is 0.727. The number of thiazole rings is 1. The molecular formula is C11H18N2S. The zero-order valence-corrected chi connectivity index (χ0v) is 9.73. The monoisotopic (exact) mass is 210 g/mol. The van der Waals surface area contributed by atoms with Crippen molar-refractivity contribution >= 4 is 11.3 Å². The van der Waals surface area contributed by atoms with E-state index in [1.807, 2.05) is 6.20 Å². The van der Waals surface area contributed by atoms with E-state index in [2.05, 4.69) is 24.1 Å². The summed E-state index contributed by atoms with van der Waals surface area (Å²) in [6, 6.07) is 0.474. The summed E-state index contributed by atoms with van der Waals surface area (Å²) in [4.78, 5) is 5.64. The summed E-state index contributed by atoms with van der Waals surface area (Å²) in [6.45, 7) is 5.47. The van der Waals surface area contributed by atoms with E-state index in [-0.39, 0.29) is 0 Å². The van der Waals surface area contributed by atoms with E-state index in [1.165, 1.54) is 30.7 Å². The maximum Gasteiger partial charge on any atom is 0.0897 e. The van der Waals surface area contributed by atoms with Crippen LogP contribution in [0.5, 0.6) is 0 Å². The van der Waals surface area contributed by atoms with Gasteiger partial charge in [-0.3, -0.25) is 0 Å². The molecule has 1 N–H and O–H groups in total.